The van der Waals surface area contributed by atoms with Crippen LogP contribution in [0, 0.1) is 11.8 Å². The van der Waals surface area contributed by atoms with E-state index in [1.54, 1.807) is 0 Å². The minimum atomic E-state index is -0.969. The van der Waals surface area contributed by atoms with Crippen molar-refractivity contribution in [2.75, 3.05) is 19.6 Å². The number of fused-ring (bicyclic) bond motifs is 1. The number of carbonyl (C=O) groups is 2. The number of aliphatic imine (C=N–C) groups is 1. The average molecular weight is 516 g/mol. The molecule has 0 radical (unpaired) electrons. The normalized spacial score (nSPS) is 23.9. The number of amides is 2. The summed E-state index contributed by atoms with van der Waals surface area (Å²) in [6.07, 6.45) is 8.37. The van der Waals surface area contributed by atoms with E-state index in [-0.39, 0.29) is 17.7 Å². The Bertz CT molecular complexity index is 1500. The van der Waals surface area contributed by atoms with Gasteiger partial charge in [-0.2, -0.15) is 0 Å². The van der Waals surface area contributed by atoms with E-state index >= 15 is 0 Å². The number of rotatable bonds is 6. The molecule has 1 saturated heterocycles. The smallest absolute Gasteiger partial charge is 0.260 e. The van der Waals surface area contributed by atoms with Crippen LogP contribution in [0.15, 0.2) is 83.9 Å². The van der Waals surface area contributed by atoms with Crippen molar-refractivity contribution < 1.29 is 9.59 Å². The monoisotopic (exact) mass is 515 g/mol. The maximum Gasteiger partial charge on any atom is 0.260 e. The van der Waals surface area contributed by atoms with Gasteiger partial charge in [0.25, 0.3) is 5.91 Å². The zero-order valence-corrected chi connectivity index (χ0v) is 22.3. The molecular formula is C34H33N3O2. The highest BCUT2D eigenvalue weighted by Gasteiger charge is 2.47. The SMILES string of the molecule is CC1(c2ccccc2)N=C(c2ccc(-c3ccc4c(c3)C=CC4)cc2)N(CC2CCN(C(=O)C3CC3)C2)C1=O. The lowest BCUT2D eigenvalue weighted by Gasteiger charge is -2.26. The van der Waals surface area contributed by atoms with Crippen LogP contribution in [-0.4, -0.2) is 47.1 Å². The number of amidine groups is 1. The van der Waals surface area contributed by atoms with Crippen molar-refractivity contribution in [2.24, 2.45) is 16.8 Å². The summed E-state index contributed by atoms with van der Waals surface area (Å²) in [5.74, 6) is 1.51. The van der Waals surface area contributed by atoms with Crippen molar-refractivity contribution >= 4 is 23.7 Å². The van der Waals surface area contributed by atoms with Gasteiger partial charge in [-0.15, -0.1) is 0 Å². The van der Waals surface area contributed by atoms with Crippen LogP contribution in [-0.2, 0) is 21.5 Å². The van der Waals surface area contributed by atoms with Crippen molar-refractivity contribution in [1.29, 1.82) is 0 Å². The summed E-state index contributed by atoms with van der Waals surface area (Å²) >= 11 is 0. The fraction of sp³-hybridized carbons (Fsp3) is 0.324. The van der Waals surface area contributed by atoms with E-state index < -0.39 is 5.54 Å². The van der Waals surface area contributed by atoms with Gasteiger partial charge in [-0.25, -0.2) is 4.99 Å². The molecule has 2 atom stereocenters. The molecule has 1 saturated carbocycles. The summed E-state index contributed by atoms with van der Waals surface area (Å²) in [5, 5.41) is 0. The van der Waals surface area contributed by atoms with Crippen LogP contribution < -0.4 is 0 Å². The largest absolute Gasteiger partial charge is 0.342 e. The quantitative estimate of drug-likeness (QED) is 0.424. The number of hydrogen-bond donors (Lipinski definition) is 0. The van der Waals surface area contributed by atoms with Gasteiger partial charge >= 0.3 is 0 Å². The maximum atomic E-state index is 14.1. The summed E-state index contributed by atoms with van der Waals surface area (Å²) in [5.41, 5.74) is 5.87. The van der Waals surface area contributed by atoms with Gasteiger partial charge in [0.05, 0.1) is 0 Å². The average Bonchev–Trinajstić information content (AvgIpc) is 3.43. The van der Waals surface area contributed by atoms with E-state index in [2.05, 4.69) is 54.6 Å². The zero-order valence-electron chi connectivity index (χ0n) is 22.3. The third-order valence-corrected chi connectivity index (χ3v) is 8.81. The number of carbonyl (C=O) groups excluding carboxylic acids is 2. The summed E-state index contributed by atoms with van der Waals surface area (Å²) < 4.78 is 0. The van der Waals surface area contributed by atoms with E-state index in [1.165, 1.54) is 16.7 Å². The van der Waals surface area contributed by atoms with Crippen molar-refractivity contribution in [3.63, 3.8) is 0 Å². The molecule has 3 aromatic rings. The van der Waals surface area contributed by atoms with E-state index in [4.69, 9.17) is 4.99 Å². The highest BCUT2D eigenvalue weighted by atomic mass is 16.2. The van der Waals surface area contributed by atoms with Crippen molar-refractivity contribution in [3.05, 3.63) is 101 Å². The minimum absolute atomic E-state index is 0.00477. The molecule has 0 bridgehead atoms. The summed E-state index contributed by atoms with van der Waals surface area (Å²) in [6, 6.07) is 24.9. The predicted molar refractivity (Wildman–Crippen MR) is 154 cm³/mol. The molecule has 2 amide bonds. The van der Waals surface area contributed by atoms with Crippen LogP contribution in [0.25, 0.3) is 17.2 Å². The Balaban J connectivity index is 1.19. The molecule has 39 heavy (non-hydrogen) atoms. The lowest BCUT2D eigenvalue weighted by atomic mass is 9.92. The molecule has 0 aromatic heterocycles. The molecule has 5 nitrogen and oxygen atoms in total. The van der Waals surface area contributed by atoms with Gasteiger partial charge < -0.3 is 4.90 Å². The number of hydrogen-bond acceptors (Lipinski definition) is 3. The summed E-state index contributed by atoms with van der Waals surface area (Å²) in [7, 11) is 0. The number of benzene rings is 3. The van der Waals surface area contributed by atoms with Crippen molar-refractivity contribution in [1.82, 2.24) is 9.80 Å². The Morgan fingerprint density at radius 3 is 2.46 bits per heavy atom. The lowest BCUT2D eigenvalue weighted by molar-refractivity contribution is -0.131. The molecule has 2 heterocycles. The van der Waals surface area contributed by atoms with E-state index in [0.717, 1.165) is 61.3 Å². The van der Waals surface area contributed by atoms with E-state index in [1.807, 2.05) is 47.1 Å². The Morgan fingerprint density at radius 2 is 1.69 bits per heavy atom. The Labute approximate surface area is 229 Å². The Kier molecular flexibility index (Phi) is 5.76. The molecule has 5 heteroatoms. The predicted octanol–water partition coefficient (Wildman–Crippen LogP) is 5.69. The van der Waals surface area contributed by atoms with E-state index in [9.17, 15) is 9.59 Å². The summed E-state index contributed by atoms with van der Waals surface area (Å²) in [6.45, 7) is 4.01. The van der Waals surface area contributed by atoms with Crippen LogP contribution in [0.2, 0.25) is 0 Å². The molecule has 2 aliphatic heterocycles. The Hall–Kier alpha value is -3.99. The van der Waals surface area contributed by atoms with Crippen LogP contribution in [0.3, 0.4) is 0 Å². The fourth-order valence-electron chi connectivity index (χ4n) is 6.29. The molecule has 7 rings (SSSR count). The highest BCUT2D eigenvalue weighted by Crippen LogP contribution is 2.37. The molecule has 0 N–H and O–H groups in total. The van der Waals surface area contributed by atoms with Crippen molar-refractivity contribution in [3.8, 4) is 11.1 Å². The number of allylic oxidation sites excluding steroid dienone is 1. The van der Waals surface area contributed by atoms with Crippen LogP contribution in [0.1, 0.15) is 48.4 Å². The van der Waals surface area contributed by atoms with Crippen molar-refractivity contribution in [2.45, 2.75) is 38.1 Å². The number of nitrogens with zero attached hydrogens (tertiary/aromatic N) is 3. The topological polar surface area (TPSA) is 53.0 Å². The first-order valence-corrected chi connectivity index (χ1v) is 14.2. The van der Waals surface area contributed by atoms with Crippen LogP contribution in [0.5, 0.6) is 0 Å². The maximum absolute atomic E-state index is 14.1. The standard InChI is InChI=1S/C34H33N3O2/c1-34(30-8-3-2-4-9-30)33(39)37(22-23-18-19-36(21-23)32(38)27-15-16-27)31(35-34)26-13-10-25(11-14-26)29-17-12-24-6-5-7-28(24)20-29/h2-5,7-14,17,20,23,27H,6,15-16,18-19,21-22H2,1H3. The third kappa shape index (κ3) is 4.30. The third-order valence-electron chi connectivity index (χ3n) is 8.81. The fourth-order valence-corrected chi connectivity index (χ4v) is 6.29. The lowest BCUT2D eigenvalue weighted by Crippen LogP contribution is -2.43. The van der Waals surface area contributed by atoms with Gasteiger partial charge in [-0.1, -0.05) is 78.9 Å². The summed E-state index contributed by atoms with van der Waals surface area (Å²) in [4.78, 5) is 35.7. The van der Waals surface area contributed by atoms with Crippen LogP contribution >= 0.6 is 0 Å². The first-order chi connectivity index (χ1) is 19.0. The molecule has 4 aliphatic rings. The molecular weight excluding hydrogens is 482 g/mol. The molecule has 3 aromatic carbocycles. The Morgan fingerprint density at radius 1 is 0.949 bits per heavy atom. The first kappa shape index (κ1) is 24.1. The molecule has 0 spiro atoms. The van der Waals surface area contributed by atoms with Gasteiger partial charge in [-0.3, -0.25) is 14.5 Å². The minimum Gasteiger partial charge on any atom is -0.342 e. The second-order valence-corrected chi connectivity index (χ2v) is 11.6. The van der Waals surface area contributed by atoms with Crippen LogP contribution in [0.4, 0.5) is 0 Å². The molecule has 2 aliphatic carbocycles. The molecule has 2 fully saturated rings. The van der Waals surface area contributed by atoms with Gasteiger partial charge in [0.15, 0.2) is 5.54 Å². The number of likely N-dealkylation sites (tertiary alicyclic amines) is 1. The second kappa shape index (κ2) is 9.33. The molecule has 196 valence electrons. The first-order valence-electron chi connectivity index (χ1n) is 14.2. The van der Waals surface area contributed by atoms with Gasteiger partial charge in [0, 0.05) is 31.1 Å². The molecule has 2 unspecified atom stereocenters. The van der Waals surface area contributed by atoms with Gasteiger partial charge in [0.2, 0.25) is 5.91 Å². The van der Waals surface area contributed by atoms with E-state index in [0.29, 0.717) is 12.5 Å². The van der Waals surface area contributed by atoms with Gasteiger partial charge in [0.1, 0.15) is 5.84 Å². The highest BCUT2D eigenvalue weighted by molar-refractivity contribution is 6.15. The second-order valence-electron chi connectivity index (χ2n) is 11.6. The zero-order chi connectivity index (χ0) is 26.6. The van der Waals surface area contributed by atoms with Gasteiger partial charge in [-0.05, 0) is 72.4 Å².